The standard InChI is InChI=1S/C15H24N2O2S/c1-3-16-11-14-10-15(7-4-12(14)2)20(18,19)17-9-8-13-5-6-13/h4,7,10,13,16-17H,3,5-6,8-9,11H2,1-2H3. The normalized spacial score (nSPS) is 15.5. The van der Waals surface area contributed by atoms with Gasteiger partial charge in [0.25, 0.3) is 0 Å². The van der Waals surface area contributed by atoms with Crippen molar-refractivity contribution in [2.45, 2.75) is 44.6 Å². The molecule has 0 amide bonds. The number of aryl methyl sites for hydroxylation is 1. The quantitative estimate of drug-likeness (QED) is 0.773. The molecule has 1 aliphatic rings. The third-order valence-corrected chi connectivity index (χ3v) is 5.20. The van der Waals surface area contributed by atoms with Gasteiger partial charge in [0.2, 0.25) is 10.0 Å². The van der Waals surface area contributed by atoms with Crippen molar-refractivity contribution in [3.8, 4) is 0 Å². The molecule has 0 spiro atoms. The summed E-state index contributed by atoms with van der Waals surface area (Å²) in [5.41, 5.74) is 2.15. The van der Waals surface area contributed by atoms with Gasteiger partial charge in [-0.25, -0.2) is 13.1 Å². The smallest absolute Gasteiger partial charge is 0.240 e. The lowest BCUT2D eigenvalue weighted by molar-refractivity contribution is 0.575. The Labute approximate surface area is 122 Å². The Morgan fingerprint density at radius 1 is 1.30 bits per heavy atom. The van der Waals surface area contributed by atoms with E-state index in [-0.39, 0.29) is 0 Å². The van der Waals surface area contributed by atoms with Crippen LogP contribution in [0.3, 0.4) is 0 Å². The highest BCUT2D eigenvalue weighted by Gasteiger charge is 2.22. The van der Waals surface area contributed by atoms with Gasteiger partial charge in [-0.3, -0.25) is 0 Å². The molecule has 0 aromatic heterocycles. The van der Waals surface area contributed by atoms with E-state index < -0.39 is 10.0 Å². The van der Waals surface area contributed by atoms with Gasteiger partial charge in [0.15, 0.2) is 0 Å². The average molecular weight is 296 g/mol. The Morgan fingerprint density at radius 2 is 2.05 bits per heavy atom. The monoisotopic (exact) mass is 296 g/mol. The Kier molecular flexibility index (Phi) is 5.18. The SMILES string of the molecule is CCNCc1cc(S(=O)(=O)NCCC2CC2)ccc1C. The third kappa shape index (κ3) is 4.30. The van der Waals surface area contributed by atoms with Gasteiger partial charge in [0.1, 0.15) is 0 Å². The van der Waals surface area contributed by atoms with E-state index in [1.165, 1.54) is 12.8 Å². The summed E-state index contributed by atoms with van der Waals surface area (Å²) in [6.07, 6.45) is 3.45. The second-order valence-electron chi connectivity index (χ2n) is 5.50. The van der Waals surface area contributed by atoms with Gasteiger partial charge in [-0.05, 0) is 49.1 Å². The van der Waals surface area contributed by atoms with Crippen LogP contribution >= 0.6 is 0 Å². The molecule has 2 rings (SSSR count). The summed E-state index contributed by atoms with van der Waals surface area (Å²) < 4.78 is 27.2. The highest BCUT2D eigenvalue weighted by Crippen LogP contribution is 2.31. The second-order valence-corrected chi connectivity index (χ2v) is 7.27. The van der Waals surface area contributed by atoms with E-state index in [1.807, 2.05) is 19.9 Å². The number of hydrogen-bond acceptors (Lipinski definition) is 3. The van der Waals surface area contributed by atoms with Crippen LogP contribution in [-0.4, -0.2) is 21.5 Å². The van der Waals surface area contributed by atoms with Crippen LogP contribution in [0.2, 0.25) is 0 Å². The molecule has 1 aromatic rings. The highest BCUT2D eigenvalue weighted by molar-refractivity contribution is 7.89. The Bertz CT molecular complexity index is 551. The van der Waals surface area contributed by atoms with Gasteiger partial charge >= 0.3 is 0 Å². The van der Waals surface area contributed by atoms with E-state index in [2.05, 4.69) is 10.0 Å². The van der Waals surface area contributed by atoms with Gasteiger partial charge in [-0.2, -0.15) is 0 Å². The predicted molar refractivity (Wildman–Crippen MR) is 81.1 cm³/mol. The van der Waals surface area contributed by atoms with Crippen molar-refractivity contribution in [1.82, 2.24) is 10.0 Å². The third-order valence-electron chi connectivity index (χ3n) is 3.74. The molecule has 2 N–H and O–H groups in total. The second kappa shape index (κ2) is 6.70. The maximum absolute atomic E-state index is 12.2. The fourth-order valence-electron chi connectivity index (χ4n) is 2.15. The molecule has 4 nitrogen and oxygen atoms in total. The molecular formula is C15H24N2O2S. The van der Waals surface area contributed by atoms with Gasteiger partial charge in [-0.15, -0.1) is 0 Å². The van der Waals surface area contributed by atoms with E-state index in [0.29, 0.717) is 18.0 Å². The summed E-state index contributed by atoms with van der Waals surface area (Å²) >= 11 is 0. The number of nitrogens with one attached hydrogen (secondary N) is 2. The number of sulfonamides is 1. The summed E-state index contributed by atoms with van der Waals surface area (Å²) in [7, 11) is -3.37. The van der Waals surface area contributed by atoms with E-state index in [4.69, 9.17) is 0 Å². The molecule has 1 saturated carbocycles. The molecular weight excluding hydrogens is 272 g/mol. The zero-order chi connectivity index (χ0) is 14.6. The van der Waals surface area contributed by atoms with E-state index in [9.17, 15) is 8.42 Å². The van der Waals surface area contributed by atoms with Crippen LogP contribution in [-0.2, 0) is 16.6 Å². The fraction of sp³-hybridized carbons (Fsp3) is 0.600. The molecule has 0 bridgehead atoms. The minimum absolute atomic E-state index is 0.367. The van der Waals surface area contributed by atoms with Crippen molar-refractivity contribution in [3.05, 3.63) is 29.3 Å². The average Bonchev–Trinajstić information content (AvgIpc) is 3.21. The summed E-state index contributed by atoms with van der Waals surface area (Å²) in [6.45, 7) is 6.16. The first-order valence-electron chi connectivity index (χ1n) is 7.33. The maximum Gasteiger partial charge on any atom is 0.240 e. The summed E-state index contributed by atoms with van der Waals surface area (Å²) in [5, 5.41) is 3.24. The zero-order valence-electron chi connectivity index (χ0n) is 12.3. The fourth-order valence-corrected chi connectivity index (χ4v) is 3.25. The van der Waals surface area contributed by atoms with Crippen molar-refractivity contribution < 1.29 is 8.42 Å². The van der Waals surface area contributed by atoms with Crippen LogP contribution in [0.1, 0.15) is 37.3 Å². The lowest BCUT2D eigenvalue weighted by Gasteiger charge is -2.11. The van der Waals surface area contributed by atoms with E-state index in [1.54, 1.807) is 12.1 Å². The highest BCUT2D eigenvalue weighted by atomic mass is 32.2. The number of rotatable bonds is 8. The molecule has 0 aliphatic heterocycles. The minimum Gasteiger partial charge on any atom is -0.313 e. The topological polar surface area (TPSA) is 58.2 Å². The van der Waals surface area contributed by atoms with Crippen LogP contribution in [0.4, 0.5) is 0 Å². The predicted octanol–water partition coefficient (Wildman–Crippen LogP) is 2.18. The first-order valence-corrected chi connectivity index (χ1v) is 8.81. The first kappa shape index (κ1) is 15.5. The summed E-state index contributed by atoms with van der Waals surface area (Å²) in [5.74, 6) is 0.736. The number of hydrogen-bond donors (Lipinski definition) is 2. The summed E-state index contributed by atoms with van der Waals surface area (Å²) in [4.78, 5) is 0.367. The van der Waals surface area contributed by atoms with Gasteiger partial charge in [0.05, 0.1) is 4.90 Å². The molecule has 0 heterocycles. The summed E-state index contributed by atoms with van der Waals surface area (Å²) in [6, 6.07) is 5.34. The molecule has 5 heteroatoms. The lowest BCUT2D eigenvalue weighted by Crippen LogP contribution is -2.25. The van der Waals surface area contributed by atoms with Crippen molar-refractivity contribution >= 4 is 10.0 Å². The van der Waals surface area contributed by atoms with Crippen LogP contribution in [0.5, 0.6) is 0 Å². The van der Waals surface area contributed by atoms with E-state index >= 15 is 0 Å². The Balaban J connectivity index is 2.04. The molecule has 112 valence electrons. The van der Waals surface area contributed by atoms with E-state index in [0.717, 1.165) is 30.0 Å². The van der Waals surface area contributed by atoms with Crippen LogP contribution in [0.25, 0.3) is 0 Å². The maximum atomic E-state index is 12.2. The van der Waals surface area contributed by atoms with Crippen LogP contribution in [0, 0.1) is 12.8 Å². The molecule has 0 saturated heterocycles. The van der Waals surface area contributed by atoms with Gasteiger partial charge in [0, 0.05) is 13.1 Å². The van der Waals surface area contributed by atoms with Crippen molar-refractivity contribution in [2.24, 2.45) is 5.92 Å². The van der Waals surface area contributed by atoms with Crippen molar-refractivity contribution in [2.75, 3.05) is 13.1 Å². The van der Waals surface area contributed by atoms with Crippen molar-refractivity contribution in [3.63, 3.8) is 0 Å². The minimum atomic E-state index is -3.37. The van der Waals surface area contributed by atoms with Crippen LogP contribution < -0.4 is 10.0 Å². The van der Waals surface area contributed by atoms with Crippen LogP contribution in [0.15, 0.2) is 23.1 Å². The zero-order valence-corrected chi connectivity index (χ0v) is 13.1. The molecule has 1 aliphatic carbocycles. The Morgan fingerprint density at radius 3 is 2.70 bits per heavy atom. The molecule has 0 unspecified atom stereocenters. The lowest BCUT2D eigenvalue weighted by atomic mass is 10.1. The first-order chi connectivity index (χ1) is 9.53. The molecule has 1 aromatic carbocycles. The molecule has 20 heavy (non-hydrogen) atoms. The van der Waals surface area contributed by atoms with Crippen molar-refractivity contribution in [1.29, 1.82) is 0 Å². The number of benzene rings is 1. The molecule has 1 fully saturated rings. The van der Waals surface area contributed by atoms with Gasteiger partial charge < -0.3 is 5.32 Å². The Hall–Kier alpha value is -0.910. The largest absolute Gasteiger partial charge is 0.313 e. The molecule has 0 radical (unpaired) electrons. The molecule has 0 atom stereocenters. The van der Waals surface area contributed by atoms with Gasteiger partial charge in [-0.1, -0.05) is 25.8 Å².